The van der Waals surface area contributed by atoms with Crippen molar-refractivity contribution in [1.29, 1.82) is 0 Å². The third-order valence-electron chi connectivity index (χ3n) is 5.33. The minimum absolute atomic E-state index is 0.0314. The Labute approximate surface area is 153 Å². The highest BCUT2D eigenvalue weighted by molar-refractivity contribution is 5.94. The first-order chi connectivity index (χ1) is 12.6. The number of aryl methyl sites for hydroxylation is 1. The first kappa shape index (κ1) is 17.0. The number of nitrogens with zero attached hydrogens (tertiary/aromatic N) is 2. The summed E-state index contributed by atoms with van der Waals surface area (Å²) < 4.78 is 12.1. The summed E-state index contributed by atoms with van der Waals surface area (Å²) in [6.07, 6.45) is 4.33. The molecule has 0 bridgehead atoms. The number of rotatable bonds is 3. The van der Waals surface area contributed by atoms with Crippen molar-refractivity contribution < 1.29 is 14.3 Å². The minimum atomic E-state index is -0.164. The smallest absolute Gasteiger partial charge is 0.253 e. The van der Waals surface area contributed by atoms with Gasteiger partial charge in [-0.25, -0.2) is 4.98 Å². The Bertz CT molecular complexity index is 770. The number of hydrogen-bond acceptors (Lipinski definition) is 4. The zero-order chi connectivity index (χ0) is 18.0. The van der Waals surface area contributed by atoms with E-state index in [4.69, 9.17) is 9.47 Å². The first-order valence-corrected chi connectivity index (χ1v) is 9.21. The van der Waals surface area contributed by atoms with Crippen molar-refractivity contribution in [3.05, 3.63) is 59.8 Å². The Balaban J connectivity index is 1.34. The molecule has 0 N–H and O–H groups in total. The van der Waals surface area contributed by atoms with Crippen molar-refractivity contribution in [2.75, 3.05) is 19.7 Å². The van der Waals surface area contributed by atoms with Crippen LogP contribution in [0.5, 0.6) is 5.88 Å². The van der Waals surface area contributed by atoms with Gasteiger partial charge in [0.25, 0.3) is 5.91 Å². The third kappa shape index (κ3) is 3.58. The molecule has 1 aromatic heterocycles. The number of carbonyl (C=O) groups is 1. The Morgan fingerprint density at radius 3 is 2.81 bits per heavy atom. The van der Waals surface area contributed by atoms with Crippen LogP contribution in [-0.2, 0) is 4.74 Å². The fourth-order valence-corrected chi connectivity index (χ4v) is 3.89. The molecule has 2 aromatic rings. The molecule has 1 spiro atoms. The van der Waals surface area contributed by atoms with E-state index >= 15 is 0 Å². The molecule has 136 valence electrons. The molecule has 0 unspecified atom stereocenters. The van der Waals surface area contributed by atoms with Gasteiger partial charge in [0.05, 0.1) is 12.2 Å². The maximum Gasteiger partial charge on any atom is 0.253 e. The van der Waals surface area contributed by atoms with Gasteiger partial charge in [-0.05, 0) is 38.0 Å². The topological polar surface area (TPSA) is 51.7 Å². The molecule has 0 saturated carbocycles. The Morgan fingerprint density at radius 1 is 1.23 bits per heavy atom. The van der Waals surface area contributed by atoms with Crippen molar-refractivity contribution in [3.63, 3.8) is 0 Å². The van der Waals surface area contributed by atoms with E-state index in [1.54, 1.807) is 6.20 Å². The fourth-order valence-electron chi connectivity index (χ4n) is 3.89. The first-order valence-electron chi connectivity index (χ1n) is 9.21. The number of aromatic nitrogens is 1. The monoisotopic (exact) mass is 352 g/mol. The second kappa shape index (κ2) is 7.08. The van der Waals surface area contributed by atoms with Gasteiger partial charge in [-0.1, -0.05) is 23.8 Å². The number of piperidine rings is 1. The molecular weight excluding hydrogens is 328 g/mol. The zero-order valence-corrected chi connectivity index (χ0v) is 15.1. The van der Waals surface area contributed by atoms with Crippen LogP contribution in [0.1, 0.15) is 35.2 Å². The van der Waals surface area contributed by atoms with Gasteiger partial charge in [-0.2, -0.15) is 0 Å². The lowest BCUT2D eigenvalue weighted by Crippen LogP contribution is -2.46. The van der Waals surface area contributed by atoms with Crippen LogP contribution in [0.25, 0.3) is 0 Å². The Morgan fingerprint density at radius 2 is 2.08 bits per heavy atom. The quantitative estimate of drug-likeness (QED) is 0.851. The molecule has 3 heterocycles. The van der Waals surface area contributed by atoms with Crippen molar-refractivity contribution in [3.8, 4) is 5.88 Å². The molecule has 1 atom stereocenters. The molecule has 2 fully saturated rings. The highest BCUT2D eigenvalue weighted by Gasteiger charge is 2.44. The number of carbonyl (C=O) groups excluding carboxylic acids is 1. The number of pyridine rings is 1. The summed E-state index contributed by atoms with van der Waals surface area (Å²) >= 11 is 0. The summed E-state index contributed by atoms with van der Waals surface area (Å²) in [5.74, 6) is 0.757. The molecule has 1 aromatic carbocycles. The van der Waals surface area contributed by atoms with Crippen LogP contribution in [0.4, 0.5) is 0 Å². The average Bonchev–Trinajstić information content (AvgIpc) is 3.05. The minimum Gasteiger partial charge on any atom is -0.472 e. The SMILES string of the molecule is Cc1cccc(C(=O)N2CCC3(CC2)C[C@H](Oc2ccccn2)CO3)c1. The Hall–Kier alpha value is -2.40. The van der Waals surface area contributed by atoms with E-state index in [9.17, 15) is 4.79 Å². The highest BCUT2D eigenvalue weighted by Crippen LogP contribution is 2.37. The maximum absolute atomic E-state index is 12.7. The molecule has 4 rings (SSSR count). The molecule has 2 saturated heterocycles. The maximum atomic E-state index is 12.7. The molecule has 0 aliphatic carbocycles. The second-order valence-electron chi connectivity index (χ2n) is 7.27. The summed E-state index contributed by atoms with van der Waals surface area (Å²) in [5, 5.41) is 0. The molecule has 2 aliphatic heterocycles. The molecule has 5 nitrogen and oxygen atoms in total. The van der Waals surface area contributed by atoms with Gasteiger partial charge in [-0.15, -0.1) is 0 Å². The summed E-state index contributed by atoms with van der Waals surface area (Å²) in [7, 11) is 0. The van der Waals surface area contributed by atoms with Crippen LogP contribution in [0.15, 0.2) is 48.7 Å². The van der Waals surface area contributed by atoms with Crippen molar-refractivity contribution in [2.24, 2.45) is 0 Å². The van der Waals surface area contributed by atoms with Crippen LogP contribution >= 0.6 is 0 Å². The normalized spacial score (nSPS) is 21.7. The second-order valence-corrected chi connectivity index (χ2v) is 7.27. The van der Waals surface area contributed by atoms with Gasteiger partial charge in [-0.3, -0.25) is 4.79 Å². The zero-order valence-electron chi connectivity index (χ0n) is 15.1. The summed E-state index contributed by atoms with van der Waals surface area (Å²) in [6, 6.07) is 13.5. The predicted octanol–water partition coefficient (Wildman–Crippen LogP) is 3.23. The lowest BCUT2D eigenvalue weighted by molar-refractivity contribution is -0.0396. The van der Waals surface area contributed by atoms with Crippen LogP contribution in [0.3, 0.4) is 0 Å². The highest BCUT2D eigenvalue weighted by atomic mass is 16.6. The van der Waals surface area contributed by atoms with E-state index in [-0.39, 0.29) is 17.6 Å². The van der Waals surface area contributed by atoms with Crippen LogP contribution in [0, 0.1) is 6.92 Å². The number of benzene rings is 1. The number of likely N-dealkylation sites (tertiary alicyclic amines) is 1. The van der Waals surface area contributed by atoms with Crippen LogP contribution in [-0.4, -0.2) is 47.2 Å². The number of hydrogen-bond donors (Lipinski definition) is 0. The summed E-state index contributed by atoms with van der Waals surface area (Å²) in [4.78, 5) is 18.9. The largest absolute Gasteiger partial charge is 0.472 e. The summed E-state index contributed by atoms with van der Waals surface area (Å²) in [5.41, 5.74) is 1.71. The van der Waals surface area contributed by atoms with Crippen molar-refractivity contribution in [2.45, 2.75) is 37.9 Å². The molecule has 5 heteroatoms. The molecule has 26 heavy (non-hydrogen) atoms. The lowest BCUT2D eigenvalue weighted by Gasteiger charge is -2.38. The fraction of sp³-hybridized carbons (Fsp3) is 0.429. The van der Waals surface area contributed by atoms with Gasteiger partial charge in [0.15, 0.2) is 0 Å². The van der Waals surface area contributed by atoms with Crippen LogP contribution in [0.2, 0.25) is 0 Å². The van der Waals surface area contributed by atoms with Gasteiger partial charge in [0, 0.05) is 37.3 Å². The van der Waals surface area contributed by atoms with E-state index in [0.717, 1.165) is 43.5 Å². The van der Waals surface area contributed by atoms with E-state index in [0.29, 0.717) is 12.5 Å². The van der Waals surface area contributed by atoms with Gasteiger partial charge < -0.3 is 14.4 Å². The third-order valence-corrected chi connectivity index (χ3v) is 5.33. The van der Waals surface area contributed by atoms with E-state index < -0.39 is 0 Å². The lowest BCUT2D eigenvalue weighted by atomic mass is 9.87. The Kier molecular flexibility index (Phi) is 4.64. The van der Waals surface area contributed by atoms with E-state index in [1.165, 1.54) is 0 Å². The predicted molar refractivity (Wildman–Crippen MR) is 98.3 cm³/mol. The van der Waals surface area contributed by atoms with Gasteiger partial charge in [0.2, 0.25) is 5.88 Å². The number of ether oxygens (including phenoxy) is 2. The van der Waals surface area contributed by atoms with Crippen LogP contribution < -0.4 is 4.74 Å². The standard InChI is InChI=1S/C21H24N2O3/c1-16-5-4-6-17(13-16)20(24)23-11-8-21(9-12-23)14-18(15-25-21)26-19-7-2-3-10-22-19/h2-7,10,13,18H,8-9,11-12,14-15H2,1H3/t18-/m0/s1. The molecule has 1 amide bonds. The van der Waals surface area contributed by atoms with Crippen molar-refractivity contribution >= 4 is 5.91 Å². The number of amides is 1. The van der Waals surface area contributed by atoms with E-state index in [1.807, 2.05) is 54.3 Å². The van der Waals surface area contributed by atoms with Gasteiger partial charge in [0.1, 0.15) is 6.10 Å². The molecular formula is C21H24N2O3. The summed E-state index contributed by atoms with van der Waals surface area (Å²) in [6.45, 7) is 4.05. The average molecular weight is 352 g/mol. The van der Waals surface area contributed by atoms with Gasteiger partial charge >= 0.3 is 0 Å². The molecule has 2 aliphatic rings. The van der Waals surface area contributed by atoms with Crippen molar-refractivity contribution in [1.82, 2.24) is 9.88 Å². The van der Waals surface area contributed by atoms with E-state index in [2.05, 4.69) is 4.98 Å². The molecule has 0 radical (unpaired) electrons.